The van der Waals surface area contributed by atoms with Gasteiger partial charge in [-0.15, -0.1) is 0 Å². The summed E-state index contributed by atoms with van der Waals surface area (Å²) in [5.74, 6) is -0.348. The number of esters is 1. The van der Waals surface area contributed by atoms with E-state index in [2.05, 4.69) is 4.99 Å². The van der Waals surface area contributed by atoms with Crippen LogP contribution in [0, 0.1) is 0 Å². The van der Waals surface area contributed by atoms with Gasteiger partial charge in [0.25, 0.3) is 0 Å². The summed E-state index contributed by atoms with van der Waals surface area (Å²) in [6, 6.07) is 0. The third-order valence-corrected chi connectivity index (χ3v) is 1.29. The van der Waals surface area contributed by atoms with E-state index in [0.717, 1.165) is 0 Å². The molecular formula is C9H15NO3. The molecule has 0 fully saturated rings. The lowest BCUT2D eigenvalue weighted by molar-refractivity contribution is -0.148. The van der Waals surface area contributed by atoms with Gasteiger partial charge in [0.2, 0.25) is 6.08 Å². The Morgan fingerprint density at radius 2 is 2.08 bits per heavy atom. The van der Waals surface area contributed by atoms with E-state index in [1.54, 1.807) is 27.7 Å². The number of ether oxygens (including phenoxy) is 1. The van der Waals surface area contributed by atoms with Gasteiger partial charge >= 0.3 is 5.97 Å². The molecule has 0 aromatic carbocycles. The highest BCUT2D eigenvalue weighted by molar-refractivity contribution is 5.71. The highest BCUT2D eigenvalue weighted by atomic mass is 16.5. The molecule has 0 saturated carbocycles. The molecule has 0 bridgehead atoms. The zero-order valence-corrected chi connectivity index (χ0v) is 8.46. The van der Waals surface area contributed by atoms with Gasteiger partial charge in [-0.1, -0.05) is 0 Å². The van der Waals surface area contributed by atoms with Crippen LogP contribution in [0.5, 0.6) is 0 Å². The topological polar surface area (TPSA) is 55.7 Å². The van der Waals surface area contributed by atoms with Gasteiger partial charge in [0.15, 0.2) is 0 Å². The van der Waals surface area contributed by atoms with Crippen molar-refractivity contribution in [2.45, 2.75) is 45.8 Å². The predicted octanol–water partition coefficient (Wildman–Crippen LogP) is 1.44. The van der Waals surface area contributed by atoms with Crippen molar-refractivity contribution in [2.75, 3.05) is 0 Å². The molecule has 74 valence electrons. The summed E-state index contributed by atoms with van der Waals surface area (Å²) in [5.41, 5.74) is -0.715. The summed E-state index contributed by atoms with van der Waals surface area (Å²) in [5, 5.41) is 0. The van der Waals surface area contributed by atoms with Crippen molar-refractivity contribution in [1.29, 1.82) is 0 Å². The zero-order chi connectivity index (χ0) is 10.5. The van der Waals surface area contributed by atoms with Crippen LogP contribution in [-0.2, 0) is 14.3 Å². The number of carbonyl (C=O) groups excluding carboxylic acids is 2. The van der Waals surface area contributed by atoms with Crippen LogP contribution in [-0.4, -0.2) is 23.7 Å². The van der Waals surface area contributed by atoms with Crippen LogP contribution in [0.2, 0.25) is 0 Å². The van der Waals surface area contributed by atoms with Gasteiger partial charge in [-0.2, -0.15) is 4.99 Å². The van der Waals surface area contributed by atoms with Gasteiger partial charge in [0.05, 0.1) is 18.1 Å². The van der Waals surface area contributed by atoms with Crippen LogP contribution in [0.25, 0.3) is 0 Å². The molecule has 0 amide bonds. The zero-order valence-electron chi connectivity index (χ0n) is 8.46. The second-order valence-corrected chi connectivity index (χ2v) is 3.73. The highest BCUT2D eigenvalue weighted by Crippen LogP contribution is 2.14. The Hall–Kier alpha value is -1.15. The number of carbonyl (C=O) groups is 1. The van der Waals surface area contributed by atoms with Crippen LogP contribution in [0.1, 0.15) is 34.1 Å². The highest BCUT2D eigenvalue weighted by Gasteiger charge is 2.22. The normalized spacial score (nSPS) is 10.8. The van der Waals surface area contributed by atoms with Gasteiger partial charge in [-0.05, 0) is 27.7 Å². The van der Waals surface area contributed by atoms with Crippen LogP contribution in [0.4, 0.5) is 0 Å². The second kappa shape index (κ2) is 4.77. The number of hydrogen-bond acceptors (Lipinski definition) is 4. The van der Waals surface area contributed by atoms with Gasteiger partial charge < -0.3 is 4.74 Å². The molecule has 13 heavy (non-hydrogen) atoms. The molecule has 0 heterocycles. The molecule has 0 aromatic heterocycles. The van der Waals surface area contributed by atoms with Gasteiger partial charge in [-0.25, -0.2) is 4.79 Å². The van der Waals surface area contributed by atoms with E-state index in [-0.39, 0.29) is 18.5 Å². The van der Waals surface area contributed by atoms with Crippen molar-refractivity contribution >= 4 is 12.0 Å². The Morgan fingerprint density at radius 1 is 1.54 bits per heavy atom. The maximum absolute atomic E-state index is 11.1. The van der Waals surface area contributed by atoms with Crippen LogP contribution >= 0.6 is 0 Å². The Morgan fingerprint density at radius 3 is 2.46 bits per heavy atom. The molecule has 0 saturated heterocycles. The fourth-order valence-corrected chi connectivity index (χ4v) is 0.821. The lowest BCUT2D eigenvalue weighted by Gasteiger charge is -2.16. The molecule has 4 heteroatoms. The first kappa shape index (κ1) is 11.8. The Kier molecular flexibility index (Phi) is 4.35. The molecule has 0 unspecified atom stereocenters. The van der Waals surface area contributed by atoms with Crippen LogP contribution in [0.15, 0.2) is 4.99 Å². The number of aliphatic imine (C=N–C) groups is 1. The van der Waals surface area contributed by atoms with E-state index in [4.69, 9.17) is 4.74 Å². The Bertz CT molecular complexity index is 227. The SMILES string of the molecule is CC(C)OC(=O)CC(C)(C)N=C=O. The van der Waals surface area contributed by atoms with Crippen molar-refractivity contribution in [3.05, 3.63) is 0 Å². The summed E-state index contributed by atoms with van der Waals surface area (Å²) >= 11 is 0. The average Bonchev–Trinajstić information content (AvgIpc) is 1.81. The summed E-state index contributed by atoms with van der Waals surface area (Å²) in [6.45, 7) is 6.90. The van der Waals surface area contributed by atoms with Crippen LogP contribution in [0.3, 0.4) is 0 Å². The first-order valence-corrected chi connectivity index (χ1v) is 4.16. The molecule has 4 nitrogen and oxygen atoms in total. The minimum Gasteiger partial charge on any atom is -0.463 e. The molecule has 0 aliphatic rings. The smallest absolute Gasteiger partial charge is 0.308 e. The fourth-order valence-electron chi connectivity index (χ4n) is 0.821. The van der Waals surface area contributed by atoms with Gasteiger partial charge in [0, 0.05) is 0 Å². The number of hydrogen-bond donors (Lipinski definition) is 0. The van der Waals surface area contributed by atoms with Crippen molar-refractivity contribution in [3.63, 3.8) is 0 Å². The van der Waals surface area contributed by atoms with Crippen molar-refractivity contribution in [1.82, 2.24) is 0 Å². The summed E-state index contributed by atoms with van der Waals surface area (Å²) in [6.07, 6.45) is 1.40. The van der Waals surface area contributed by atoms with Crippen molar-refractivity contribution in [2.24, 2.45) is 4.99 Å². The quantitative estimate of drug-likeness (QED) is 0.378. The first-order chi connectivity index (χ1) is 5.87. The van der Waals surface area contributed by atoms with Crippen molar-refractivity contribution in [3.8, 4) is 0 Å². The lowest BCUT2D eigenvalue weighted by Crippen LogP contribution is -2.24. The summed E-state index contributed by atoms with van der Waals surface area (Å²) < 4.78 is 4.90. The molecular weight excluding hydrogens is 170 g/mol. The van der Waals surface area contributed by atoms with E-state index in [1.807, 2.05) is 0 Å². The van der Waals surface area contributed by atoms with E-state index in [1.165, 1.54) is 6.08 Å². The van der Waals surface area contributed by atoms with Gasteiger partial charge in [0.1, 0.15) is 0 Å². The fraction of sp³-hybridized carbons (Fsp3) is 0.778. The molecule has 0 rings (SSSR count). The monoisotopic (exact) mass is 185 g/mol. The molecule has 0 spiro atoms. The number of nitrogens with zero attached hydrogens (tertiary/aromatic N) is 1. The number of isocyanates is 1. The third-order valence-electron chi connectivity index (χ3n) is 1.29. The Balaban J connectivity index is 4.11. The van der Waals surface area contributed by atoms with E-state index >= 15 is 0 Å². The summed E-state index contributed by atoms with van der Waals surface area (Å²) in [4.78, 5) is 24.6. The average molecular weight is 185 g/mol. The van der Waals surface area contributed by atoms with E-state index < -0.39 is 5.54 Å². The van der Waals surface area contributed by atoms with Crippen molar-refractivity contribution < 1.29 is 14.3 Å². The predicted molar refractivity (Wildman–Crippen MR) is 48.0 cm³/mol. The second-order valence-electron chi connectivity index (χ2n) is 3.73. The molecule has 0 atom stereocenters. The maximum atomic E-state index is 11.1. The standard InChI is InChI=1S/C9H15NO3/c1-7(2)13-8(12)5-9(3,4)10-6-11/h7H,5H2,1-4H3. The molecule has 0 aromatic rings. The third kappa shape index (κ3) is 6.05. The minimum atomic E-state index is -0.715. The number of rotatable bonds is 4. The molecule has 0 radical (unpaired) electrons. The van der Waals surface area contributed by atoms with E-state index in [9.17, 15) is 9.59 Å². The molecule has 0 aliphatic carbocycles. The largest absolute Gasteiger partial charge is 0.463 e. The van der Waals surface area contributed by atoms with E-state index in [0.29, 0.717) is 0 Å². The Labute approximate surface area is 78.0 Å². The lowest BCUT2D eigenvalue weighted by atomic mass is 10.0. The minimum absolute atomic E-state index is 0.0976. The summed E-state index contributed by atoms with van der Waals surface area (Å²) in [7, 11) is 0. The molecule has 0 aliphatic heterocycles. The maximum Gasteiger partial charge on any atom is 0.308 e. The molecule has 0 N–H and O–H groups in total. The first-order valence-electron chi connectivity index (χ1n) is 4.16. The van der Waals surface area contributed by atoms with Crippen LogP contribution < -0.4 is 0 Å². The van der Waals surface area contributed by atoms with Gasteiger partial charge in [-0.3, -0.25) is 4.79 Å².